The quantitative estimate of drug-likeness (QED) is 0.703. The summed E-state index contributed by atoms with van der Waals surface area (Å²) in [6.07, 6.45) is 4.12. The van der Waals surface area contributed by atoms with E-state index in [1.165, 1.54) is 0 Å². The van der Waals surface area contributed by atoms with Gasteiger partial charge in [0.2, 0.25) is 5.76 Å². The Kier molecular flexibility index (Phi) is 4.36. The summed E-state index contributed by atoms with van der Waals surface area (Å²) in [6, 6.07) is 5.79. The van der Waals surface area contributed by atoms with Gasteiger partial charge in [-0.15, -0.1) is 10.2 Å². The fourth-order valence-electron chi connectivity index (χ4n) is 2.40. The van der Waals surface area contributed by atoms with Crippen molar-refractivity contribution in [3.63, 3.8) is 0 Å². The Labute approximate surface area is 133 Å². The molecule has 0 aliphatic carbocycles. The molecule has 0 spiro atoms. The highest BCUT2D eigenvalue weighted by Crippen LogP contribution is 2.10. The van der Waals surface area contributed by atoms with Crippen LogP contribution < -0.4 is 5.32 Å². The Bertz CT molecular complexity index is 821. The molecule has 0 saturated carbocycles. The van der Waals surface area contributed by atoms with Crippen molar-refractivity contribution in [2.24, 2.45) is 0 Å². The molecule has 23 heavy (non-hydrogen) atoms. The third kappa shape index (κ3) is 3.23. The first kappa shape index (κ1) is 15.2. The molecule has 0 saturated heterocycles. The van der Waals surface area contributed by atoms with Crippen LogP contribution in [0.25, 0.3) is 5.65 Å². The van der Waals surface area contributed by atoms with Gasteiger partial charge < -0.3 is 9.73 Å². The van der Waals surface area contributed by atoms with Gasteiger partial charge in [0.25, 0.3) is 5.91 Å². The lowest BCUT2D eigenvalue weighted by atomic mass is 10.3. The predicted molar refractivity (Wildman–Crippen MR) is 84.3 cm³/mol. The second-order valence-corrected chi connectivity index (χ2v) is 5.28. The summed E-state index contributed by atoms with van der Waals surface area (Å²) in [4.78, 5) is 16.3. The lowest BCUT2D eigenvalue weighted by molar-refractivity contribution is 0.0923. The van der Waals surface area contributed by atoms with Crippen molar-refractivity contribution in [3.8, 4) is 0 Å². The Morgan fingerprint density at radius 2 is 2.22 bits per heavy atom. The van der Waals surface area contributed by atoms with Gasteiger partial charge in [-0.2, -0.15) is 0 Å². The lowest BCUT2D eigenvalue weighted by Crippen LogP contribution is -2.25. The van der Waals surface area contributed by atoms with Gasteiger partial charge in [-0.3, -0.25) is 9.20 Å². The SMILES string of the molecule is CCc1nc(C)c(C(=O)NCCCc2nnc3ccccn23)o1. The molecule has 3 rings (SSSR count). The smallest absolute Gasteiger partial charge is 0.289 e. The molecule has 0 fully saturated rings. The molecule has 1 N–H and O–H groups in total. The van der Waals surface area contributed by atoms with Gasteiger partial charge in [0, 0.05) is 25.6 Å². The molecule has 0 aliphatic heterocycles. The third-order valence-electron chi connectivity index (χ3n) is 3.60. The number of amides is 1. The fourth-order valence-corrected chi connectivity index (χ4v) is 2.40. The van der Waals surface area contributed by atoms with E-state index < -0.39 is 0 Å². The summed E-state index contributed by atoms with van der Waals surface area (Å²) in [6.45, 7) is 4.26. The summed E-state index contributed by atoms with van der Waals surface area (Å²) in [5.74, 6) is 1.55. The molecule has 0 aromatic carbocycles. The first-order chi connectivity index (χ1) is 11.2. The summed E-state index contributed by atoms with van der Waals surface area (Å²) in [7, 11) is 0. The van der Waals surface area contributed by atoms with Crippen molar-refractivity contribution < 1.29 is 9.21 Å². The molecule has 0 radical (unpaired) electrons. The van der Waals surface area contributed by atoms with E-state index in [-0.39, 0.29) is 5.91 Å². The van der Waals surface area contributed by atoms with Crippen LogP contribution in [-0.4, -0.2) is 32.0 Å². The van der Waals surface area contributed by atoms with Crippen molar-refractivity contribution in [3.05, 3.63) is 47.6 Å². The van der Waals surface area contributed by atoms with Gasteiger partial charge >= 0.3 is 0 Å². The van der Waals surface area contributed by atoms with E-state index in [9.17, 15) is 4.79 Å². The van der Waals surface area contributed by atoms with E-state index in [0.29, 0.717) is 30.3 Å². The molecule has 3 aromatic rings. The second kappa shape index (κ2) is 6.60. The van der Waals surface area contributed by atoms with E-state index in [0.717, 1.165) is 24.3 Å². The van der Waals surface area contributed by atoms with Crippen LogP contribution in [0.1, 0.15) is 41.3 Å². The van der Waals surface area contributed by atoms with Crippen molar-refractivity contribution in [1.29, 1.82) is 0 Å². The highest BCUT2D eigenvalue weighted by molar-refractivity contribution is 5.92. The van der Waals surface area contributed by atoms with Gasteiger partial charge in [0.15, 0.2) is 11.5 Å². The first-order valence-corrected chi connectivity index (χ1v) is 7.72. The number of hydrogen-bond acceptors (Lipinski definition) is 5. The number of rotatable bonds is 6. The van der Waals surface area contributed by atoms with Crippen molar-refractivity contribution in [2.45, 2.75) is 33.1 Å². The number of aryl methyl sites for hydroxylation is 3. The van der Waals surface area contributed by atoms with E-state index in [2.05, 4.69) is 20.5 Å². The standard InChI is InChI=1S/C16H19N5O2/c1-3-14-18-11(2)15(23-14)16(22)17-9-6-8-13-20-19-12-7-4-5-10-21(12)13/h4-5,7,10H,3,6,8-9H2,1-2H3,(H,17,22). The number of pyridine rings is 1. The number of oxazole rings is 1. The maximum absolute atomic E-state index is 12.1. The Hall–Kier alpha value is -2.70. The minimum Gasteiger partial charge on any atom is -0.435 e. The molecule has 120 valence electrons. The van der Waals surface area contributed by atoms with Crippen LogP contribution in [0.15, 0.2) is 28.8 Å². The molecule has 7 nitrogen and oxygen atoms in total. The molecule has 1 amide bonds. The normalized spacial score (nSPS) is 11.0. The van der Waals surface area contributed by atoms with Crippen LogP contribution >= 0.6 is 0 Å². The molecule has 3 aromatic heterocycles. The molecule has 0 bridgehead atoms. The van der Waals surface area contributed by atoms with Crippen LogP contribution in [-0.2, 0) is 12.8 Å². The van der Waals surface area contributed by atoms with E-state index >= 15 is 0 Å². The fraction of sp³-hybridized carbons (Fsp3) is 0.375. The largest absolute Gasteiger partial charge is 0.435 e. The molecule has 0 aliphatic rings. The second-order valence-electron chi connectivity index (χ2n) is 5.28. The zero-order valence-electron chi connectivity index (χ0n) is 13.2. The Morgan fingerprint density at radius 3 is 3.00 bits per heavy atom. The number of fused-ring (bicyclic) bond motifs is 1. The van der Waals surface area contributed by atoms with E-state index in [4.69, 9.17) is 4.42 Å². The van der Waals surface area contributed by atoms with Gasteiger partial charge in [-0.05, 0) is 25.5 Å². The third-order valence-corrected chi connectivity index (χ3v) is 3.60. The minimum absolute atomic E-state index is 0.221. The highest BCUT2D eigenvalue weighted by Gasteiger charge is 2.16. The highest BCUT2D eigenvalue weighted by atomic mass is 16.4. The topological polar surface area (TPSA) is 85.3 Å². The molecular weight excluding hydrogens is 294 g/mol. The van der Waals surface area contributed by atoms with Crippen LogP contribution in [0.3, 0.4) is 0 Å². The van der Waals surface area contributed by atoms with Gasteiger partial charge in [0.1, 0.15) is 5.82 Å². The number of nitrogens with zero attached hydrogens (tertiary/aromatic N) is 4. The monoisotopic (exact) mass is 313 g/mol. The molecular formula is C16H19N5O2. The van der Waals surface area contributed by atoms with Crippen molar-refractivity contribution >= 4 is 11.6 Å². The number of hydrogen-bond donors (Lipinski definition) is 1. The zero-order chi connectivity index (χ0) is 16.2. The van der Waals surface area contributed by atoms with Crippen LogP contribution in [0, 0.1) is 6.92 Å². The van der Waals surface area contributed by atoms with Crippen molar-refractivity contribution in [2.75, 3.05) is 6.54 Å². The molecule has 0 unspecified atom stereocenters. The predicted octanol–water partition coefficient (Wildman–Crippen LogP) is 1.95. The lowest BCUT2D eigenvalue weighted by Gasteiger charge is -2.03. The van der Waals surface area contributed by atoms with E-state index in [1.807, 2.05) is 35.7 Å². The molecule has 7 heteroatoms. The van der Waals surface area contributed by atoms with Gasteiger partial charge in [-0.25, -0.2) is 4.98 Å². The summed E-state index contributed by atoms with van der Waals surface area (Å²) in [5.41, 5.74) is 1.46. The molecule has 3 heterocycles. The number of carbonyl (C=O) groups excluding carboxylic acids is 1. The van der Waals surface area contributed by atoms with Gasteiger partial charge in [-0.1, -0.05) is 13.0 Å². The van der Waals surface area contributed by atoms with Crippen LogP contribution in [0.4, 0.5) is 0 Å². The van der Waals surface area contributed by atoms with Gasteiger partial charge in [0.05, 0.1) is 5.69 Å². The summed E-state index contributed by atoms with van der Waals surface area (Å²) < 4.78 is 7.39. The van der Waals surface area contributed by atoms with Crippen LogP contribution in [0.2, 0.25) is 0 Å². The average molecular weight is 313 g/mol. The summed E-state index contributed by atoms with van der Waals surface area (Å²) >= 11 is 0. The van der Waals surface area contributed by atoms with E-state index in [1.54, 1.807) is 6.92 Å². The maximum atomic E-state index is 12.1. The number of nitrogens with one attached hydrogen (secondary N) is 1. The number of aromatic nitrogens is 4. The Morgan fingerprint density at radius 1 is 1.35 bits per heavy atom. The minimum atomic E-state index is -0.221. The zero-order valence-corrected chi connectivity index (χ0v) is 13.2. The average Bonchev–Trinajstić information content (AvgIpc) is 3.15. The molecule has 0 atom stereocenters. The first-order valence-electron chi connectivity index (χ1n) is 7.72. The Balaban J connectivity index is 1.53. The van der Waals surface area contributed by atoms with Crippen molar-refractivity contribution in [1.82, 2.24) is 24.9 Å². The number of carbonyl (C=O) groups is 1. The maximum Gasteiger partial charge on any atom is 0.289 e. The summed E-state index contributed by atoms with van der Waals surface area (Å²) in [5, 5.41) is 11.1. The van der Waals surface area contributed by atoms with Crippen LogP contribution in [0.5, 0.6) is 0 Å².